The second-order valence-electron chi connectivity index (χ2n) is 4.85. The van der Waals surface area contributed by atoms with Crippen LogP contribution >= 0.6 is 15.9 Å². The predicted molar refractivity (Wildman–Crippen MR) is 73.8 cm³/mol. The molecule has 1 aromatic carbocycles. The molecule has 3 heteroatoms. The van der Waals surface area contributed by atoms with E-state index in [2.05, 4.69) is 21.2 Å². The summed E-state index contributed by atoms with van der Waals surface area (Å²) in [6, 6.07) is 5.09. The van der Waals surface area contributed by atoms with Crippen molar-refractivity contribution >= 4 is 21.6 Å². The lowest BCUT2D eigenvalue weighted by Crippen LogP contribution is -2.12. The van der Waals surface area contributed by atoms with Gasteiger partial charge in [-0.1, -0.05) is 32.1 Å². The molecule has 17 heavy (non-hydrogen) atoms. The average molecular weight is 300 g/mol. The van der Waals surface area contributed by atoms with Gasteiger partial charge in [0.1, 0.15) is 5.82 Å². The van der Waals surface area contributed by atoms with Gasteiger partial charge >= 0.3 is 0 Å². The number of hydrogen-bond donors (Lipinski definition) is 1. The Morgan fingerprint density at radius 3 is 2.71 bits per heavy atom. The zero-order valence-electron chi connectivity index (χ0n) is 10.0. The predicted octanol–water partition coefficient (Wildman–Crippen LogP) is 4.97. The molecule has 0 aromatic heterocycles. The summed E-state index contributed by atoms with van der Waals surface area (Å²) in [4.78, 5) is 0. The van der Waals surface area contributed by atoms with E-state index in [1.165, 1.54) is 44.6 Å². The van der Waals surface area contributed by atoms with Crippen LogP contribution in [0.1, 0.15) is 38.5 Å². The number of rotatable bonds is 4. The molecule has 0 radical (unpaired) electrons. The van der Waals surface area contributed by atoms with Gasteiger partial charge in [-0.05, 0) is 46.5 Å². The highest BCUT2D eigenvalue weighted by Gasteiger charge is 2.12. The summed E-state index contributed by atoms with van der Waals surface area (Å²) in [5, 5.41) is 3.36. The third-order valence-electron chi connectivity index (χ3n) is 3.53. The van der Waals surface area contributed by atoms with E-state index in [0.717, 1.165) is 18.2 Å². The third-order valence-corrected chi connectivity index (χ3v) is 4.13. The fourth-order valence-electron chi connectivity index (χ4n) is 2.50. The van der Waals surface area contributed by atoms with Crippen LogP contribution in [0.2, 0.25) is 0 Å². The summed E-state index contributed by atoms with van der Waals surface area (Å²) < 4.78 is 13.6. The molecular weight excluding hydrogens is 281 g/mol. The first-order valence-electron chi connectivity index (χ1n) is 6.44. The van der Waals surface area contributed by atoms with Crippen molar-refractivity contribution in [2.24, 2.45) is 5.92 Å². The molecule has 0 atom stereocenters. The Morgan fingerprint density at radius 2 is 2.00 bits per heavy atom. The van der Waals surface area contributed by atoms with Crippen molar-refractivity contribution in [2.45, 2.75) is 38.5 Å². The zero-order chi connectivity index (χ0) is 12.1. The van der Waals surface area contributed by atoms with Crippen LogP contribution in [-0.4, -0.2) is 6.54 Å². The van der Waals surface area contributed by atoms with Crippen LogP contribution in [0.15, 0.2) is 22.7 Å². The van der Waals surface area contributed by atoms with E-state index >= 15 is 0 Å². The Kier molecular flexibility index (Phi) is 4.84. The Hall–Kier alpha value is -0.570. The van der Waals surface area contributed by atoms with Crippen molar-refractivity contribution < 1.29 is 4.39 Å². The average Bonchev–Trinajstić information content (AvgIpc) is 2.35. The van der Waals surface area contributed by atoms with Gasteiger partial charge in [0, 0.05) is 12.2 Å². The number of anilines is 1. The molecule has 1 aromatic rings. The first-order chi connectivity index (χ1) is 8.25. The highest BCUT2D eigenvalue weighted by atomic mass is 79.9. The van der Waals surface area contributed by atoms with Crippen LogP contribution in [0.4, 0.5) is 10.1 Å². The topological polar surface area (TPSA) is 12.0 Å². The van der Waals surface area contributed by atoms with Crippen LogP contribution in [0.3, 0.4) is 0 Å². The standard InChI is InChI=1S/C14H19BrFN/c15-13-10-12(6-7-14(13)16)17-9-8-11-4-2-1-3-5-11/h6-7,10-11,17H,1-5,8-9H2. The highest BCUT2D eigenvalue weighted by Crippen LogP contribution is 2.26. The van der Waals surface area contributed by atoms with Crippen LogP contribution < -0.4 is 5.32 Å². The minimum absolute atomic E-state index is 0.206. The zero-order valence-corrected chi connectivity index (χ0v) is 11.6. The lowest BCUT2D eigenvalue weighted by molar-refractivity contribution is 0.345. The molecule has 1 aliphatic rings. The summed E-state index contributed by atoms with van der Waals surface area (Å²) in [7, 11) is 0. The summed E-state index contributed by atoms with van der Waals surface area (Å²) in [6.07, 6.45) is 8.20. The molecule has 94 valence electrons. The normalized spacial score (nSPS) is 17.1. The number of hydrogen-bond acceptors (Lipinski definition) is 1. The van der Waals surface area contributed by atoms with Gasteiger partial charge < -0.3 is 5.32 Å². The molecule has 0 spiro atoms. The fourth-order valence-corrected chi connectivity index (χ4v) is 2.88. The second-order valence-corrected chi connectivity index (χ2v) is 5.70. The van der Waals surface area contributed by atoms with Crippen LogP contribution in [0, 0.1) is 11.7 Å². The monoisotopic (exact) mass is 299 g/mol. The van der Waals surface area contributed by atoms with Crippen molar-refractivity contribution in [1.82, 2.24) is 0 Å². The molecule has 1 fully saturated rings. The van der Waals surface area contributed by atoms with Crippen molar-refractivity contribution in [3.8, 4) is 0 Å². The fraction of sp³-hybridized carbons (Fsp3) is 0.571. The van der Waals surface area contributed by atoms with E-state index in [-0.39, 0.29) is 5.82 Å². The van der Waals surface area contributed by atoms with Crippen molar-refractivity contribution in [3.63, 3.8) is 0 Å². The van der Waals surface area contributed by atoms with Gasteiger partial charge in [0.25, 0.3) is 0 Å². The Labute approximate surface area is 111 Å². The van der Waals surface area contributed by atoms with E-state index in [0.29, 0.717) is 4.47 Å². The van der Waals surface area contributed by atoms with E-state index in [1.807, 2.05) is 0 Å². The first-order valence-corrected chi connectivity index (χ1v) is 7.24. The molecule has 0 saturated heterocycles. The van der Waals surface area contributed by atoms with Crippen LogP contribution in [0.5, 0.6) is 0 Å². The molecule has 1 aliphatic carbocycles. The third kappa shape index (κ3) is 3.98. The Morgan fingerprint density at radius 1 is 1.24 bits per heavy atom. The molecule has 0 bridgehead atoms. The van der Waals surface area contributed by atoms with E-state index in [4.69, 9.17) is 0 Å². The summed E-state index contributed by atoms with van der Waals surface area (Å²) in [5.74, 6) is 0.683. The van der Waals surface area contributed by atoms with Gasteiger partial charge in [-0.15, -0.1) is 0 Å². The largest absolute Gasteiger partial charge is 0.385 e. The molecule has 0 heterocycles. The lowest BCUT2D eigenvalue weighted by Gasteiger charge is -2.21. The molecule has 0 unspecified atom stereocenters. The van der Waals surface area contributed by atoms with Gasteiger partial charge in [-0.3, -0.25) is 0 Å². The molecule has 2 rings (SSSR count). The van der Waals surface area contributed by atoms with Crippen molar-refractivity contribution in [1.29, 1.82) is 0 Å². The van der Waals surface area contributed by atoms with Gasteiger partial charge in [-0.2, -0.15) is 0 Å². The number of benzene rings is 1. The minimum Gasteiger partial charge on any atom is -0.385 e. The quantitative estimate of drug-likeness (QED) is 0.827. The molecular formula is C14H19BrFN. The molecule has 0 amide bonds. The SMILES string of the molecule is Fc1ccc(NCCC2CCCCC2)cc1Br. The lowest BCUT2D eigenvalue weighted by atomic mass is 9.87. The van der Waals surface area contributed by atoms with Gasteiger partial charge in [0.15, 0.2) is 0 Å². The maximum atomic E-state index is 13.0. The molecule has 1 saturated carbocycles. The summed E-state index contributed by atoms with van der Waals surface area (Å²) in [5.41, 5.74) is 0.995. The molecule has 1 N–H and O–H groups in total. The van der Waals surface area contributed by atoms with Crippen LogP contribution in [-0.2, 0) is 0 Å². The van der Waals surface area contributed by atoms with Gasteiger partial charge in [0.2, 0.25) is 0 Å². The maximum Gasteiger partial charge on any atom is 0.137 e. The van der Waals surface area contributed by atoms with E-state index in [1.54, 1.807) is 12.1 Å². The highest BCUT2D eigenvalue weighted by molar-refractivity contribution is 9.10. The Bertz CT molecular complexity index is 361. The van der Waals surface area contributed by atoms with Crippen molar-refractivity contribution in [2.75, 3.05) is 11.9 Å². The molecule has 0 aliphatic heterocycles. The molecule has 1 nitrogen and oxygen atoms in total. The Balaban J connectivity index is 1.75. The van der Waals surface area contributed by atoms with Gasteiger partial charge in [0.05, 0.1) is 4.47 Å². The second kappa shape index (κ2) is 6.39. The smallest absolute Gasteiger partial charge is 0.137 e. The van der Waals surface area contributed by atoms with E-state index in [9.17, 15) is 4.39 Å². The summed E-state index contributed by atoms with van der Waals surface area (Å²) >= 11 is 3.20. The number of halogens is 2. The van der Waals surface area contributed by atoms with Gasteiger partial charge in [-0.25, -0.2) is 4.39 Å². The van der Waals surface area contributed by atoms with E-state index < -0.39 is 0 Å². The summed E-state index contributed by atoms with van der Waals surface area (Å²) in [6.45, 7) is 0.989. The first kappa shape index (κ1) is 12.9. The number of nitrogens with one attached hydrogen (secondary N) is 1. The van der Waals surface area contributed by atoms with Crippen molar-refractivity contribution in [3.05, 3.63) is 28.5 Å². The van der Waals surface area contributed by atoms with Crippen LogP contribution in [0.25, 0.3) is 0 Å². The maximum absolute atomic E-state index is 13.0. The minimum atomic E-state index is -0.206.